The second-order valence-corrected chi connectivity index (χ2v) is 4.64. The van der Waals surface area contributed by atoms with Gasteiger partial charge in [-0.05, 0) is 6.42 Å². The van der Waals surface area contributed by atoms with Crippen LogP contribution in [0, 0.1) is 0 Å². The highest BCUT2D eigenvalue weighted by atomic mass is 16.7. The van der Waals surface area contributed by atoms with Crippen molar-refractivity contribution in [2.24, 2.45) is 0 Å². The van der Waals surface area contributed by atoms with E-state index in [1.54, 1.807) is 0 Å². The number of unbranched alkanes of at least 4 members (excludes halogenated alkanes) is 1. The number of nitrogens with one attached hydrogen (secondary N) is 1. The van der Waals surface area contributed by atoms with Crippen LogP contribution in [0.3, 0.4) is 0 Å². The second kappa shape index (κ2) is 7.76. The van der Waals surface area contributed by atoms with Gasteiger partial charge in [-0.3, -0.25) is 4.79 Å². The Kier molecular flexibility index (Phi) is 6.67. The molecule has 1 rings (SSSR count). The molecule has 1 fully saturated rings. The predicted molar refractivity (Wildman–Crippen MR) is 66.2 cm³/mol. The fraction of sp³-hybridized carbons (Fsp3) is 0.917. The molecule has 0 aromatic carbocycles. The number of aliphatic hydroxyl groups is 3. The van der Waals surface area contributed by atoms with Gasteiger partial charge in [-0.15, -0.1) is 0 Å². The van der Waals surface area contributed by atoms with E-state index >= 15 is 0 Å². The van der Waals surface area contributed by atoms with Gasteiger partial charge in [0.25, 0.3) is 0 Å². The van der Waals surface area contributed by atoms with Gasteiger partial charge in [0.05, 0.1) is 6.61 Å². The second-order valence-electron chi connectivity index (χ2n) is 4.64. The van der Waals surface area contributed by atoms with Crippen LogP contribution in [-0.2, 0) is 14.3 Å². The van der Waals surface area contributed by atoms with Crippen molar-refractivity contribution in [3.8, 4) is 0 Å². The number of methoxy groups -OCH3 is 1. The summed E-state index contributed by atoms with van der Waals surface area (Å²) in [6.07, 6.45) is -2.37. The lowest BCUT2D eigenvalue weighted by molar-refractivity contribution is -0.262. The van der Waals surface area contributed by atoms with Gasteiger partial charge in [-0.2, -0.15) is 0 Å². The van der Waals surface area contributed by atoms with E-state index in [1.165, 1.54) is 7.11 Å². The number of rotatable bonds is 6. The average molecular weight is 277 g/mol. The maximum absolute atomic E-state index is 11.7. The number of ether oxygens (including phenoxy) is 2. The quantitative estimate of drug-likeness (QED) is 0.483. The van der Waals surface area contributed by atoms with E-state index in [9.17, 15) is 15.0 Å². The Bertz CT molecular complexity index is 285. The van der Waals surface area contributed by atoms with Crippen LogP contribution in [0.25, 0.3) is 0 Å². The Hall–Kier alpha value is -0.730. The zero-order valence-electron chi connectivity index (χ0n) is 11.3. The molecule has 0 spiro atoms. The van der Waals surface area contributed by atoms with Gasteiger partial charge < -0.3 is 30.1 Å². The zero-order chi connectivity index (χ0) is 14.4. The lowest BCUT2D eigenvalue weighted by Crippen LogP contribution is -2.64. The predicted octanol–water partition coefficient (Wildman–Crippen LogP) is -1.25. The van der Waals surface area contributed by atoms with Crippen LogP contribution in [-0.4, -0.2) is 65.6 Å². The minimum absolute atomic E-state index is 0.230. The smallest absolute Gasteiger partial charge is 0.220 e. The van der Waals surface area contributed by atoms with E-state index in [4.69, 9.17) is 14.6 Å². The summed E-state index contributed by atoms with van der Waals surface area (Å²) in [6, 6.07) is -0.854. The molecule has 0 bridgehead atoms. The molecular weight excluding hydrogens is 254 g/mol. The lowest BCUT2D eigenvalue weighted by atomic mass is 9.97. The van der Waals surface area contributed by atoms with Gasteiger partial charge in [-0.1, -0.05) is 13.3 Å². The Morgan fingerprint density at radius 1 is 1.37 bits per heavy atom. The molecule has 112 valence electrons. The van der Waals surface area contributed by atoms with Crippen molar-refractivity contribution in [3.05, 3.63) is 0 Å². The fourth-order valence-corrected chi connectivity index (χ4v) is 2.03. The molecule has 5 atom stereocenters. The first-order chi connectivity index (χ1) is 9.04. The maximum Gasteiger partial charge on any atom is 0.220 e. The first kappa shape index (κ1) is 16.3. The number of carbonyl (C=O) groups is 1. The summed E-state index contributed by atoms with van der Waals surface area (Å²) in [6.45, 7) is 1.54. The lowest BCUT2D eigenvalue weighted by Gasteiger charge is -2.41. The number of amides is 1. The van der Waals surface area contributed by atoms with Gasteiger partial charge in [0.15, 0.2) is 6.29 Å². The molecule has 1 heterocycles. The van der Waals surface area contributed by atoms with Crippen molar-refractivity contribution in [3.63, 3.8) is 0 Å². The van der Waals surface area contributed by atoms with Crippen molar-refractivity contribution in [2.45, 2.75) is 56.8 Å². The summed E-state index contributed by atoms with van der Waals surface area (Å²) in [4.78, 5) is 11.7. The van der Waals surface area contributed by atoms with Gasteiger partial charge in [0.2, 0.25) is 5.91 Å². The van der Waals surface area contributed by atoms with E-state index in [-0.39, 0.29) is 5.91 Å². The molecule has 1 saturated heterocycles. The van der Waals surface area contributed by atoms with Crippen LogP contribution < -0.4 is 5.32 Å². The maximum atomic E-state index is 11.7. The van der Waals surface area contributed by atoms with Gasteiger partial charge >= 0.3 is 0 Å². The summed E-state index contributed by atoms with van der Waals surface area (Å²) >= 11 is 0. The van der Waals surface area contributed by atoms with E-state index in [2.05, 4.69) is 5.32 Å². The molecule has 0 aromatic heterocycles. The van der Waals surface area contributed by atoms with Crippen molar-refractivity contribution in [2.75, 3.05) is 13.7 Å². The van der Waals surface area contributed by atoms with Gasteiger partial charge in [0, 0.05) is 13.5 Å². The third-order valence-corrected chi connectivity index (χ3v) is 3.20. The zero-order valence-corrected chi connectivity index (χ0v) is 11.3. The van der Waals surface area contributed by atoms with Crippen LogP contribution in [0.1, 0.15) is 26.2 Å². The topological polar surface area (TPSA) is 108 Å². The normalized spacial score (nSPS) is 35.1. The Balaban J connectivity index is 2.65. The highest BCUT2D eigenvalue weighted by molar-refractivity contribution is 5.76. The van der Waals surface area contributed by atoms with E-state index in [1.807, 2.05) is 6.92 Å². The summed E-state index contributed by atoms with van der Waals surface area (Å²) < 4.78 is 10.3. The Morgan fingerprint density at radius 2 is 2.05 bits per heavy atom. The van der Waals surface area contributed by atoms with Crippen LogP contribution in [0.4, 0.5) is 0 Å². The van der Waals surface area contributed by atoms with E-state index in [0.717, 1.165) is 12.8 Å². The van der Waals surface area contributed by atoms with Crippen molar-refractivity contribution in [1.82, 2.24) is 5.32 Å². The van der Waals surface area contributed by atoms with Crippen LogP contribution in [0.2, 0.25) is 0 Å². The average Bonchev–Trinajstić information content (AvgIpc) is 2.42. The van der Waals surface area contributed by atoms with Crippen LogP contribution in [0.5, 0.6) is 0 Å². The molecule has 7 heteroatoms. The highest BCUT2D eigenvalue weighted by Crippen LogP contribution is 2.21. The van der Waals surface area contributed by atoms with Crippen molar-refractivity contribution >= 4 is 5.91 Å². The van der Waals surface area contributed by atoms with Gasteiger partial charge in [0.1, 0.15) is 24.4 Å². The van der Waals surface area contributed by atoms with E-state index < -0.39 is 37.3 Å². The monoisotopic (exact) mass is 277 g/mol. The molecule has 0 aromatic rings. The fourth-order valence-electron chi connectivity index (χ4n) is 2.03. The molecule has 4 N–H and O–H groups in total. The van der Waals surface area contributed by atoms with Gasteiger partial charge in [-0.25, -0.2) is 0 Å². The summed E-state index contributed by atoms with van der Waals surface area (Å²) in [7, 11) is 1.37. The minimum Gasteiger partial charge on any atom is -0.394 e. The SMILES string of the molecule is CCCCC(=O)N[C@H]1C(OC)O[C@H](CO)[C@@H](O)[C@@H]1O. The summed E-state index contributed by atoms with van der Waals surface area (Å²) in [5.74, 6) is -0.230. The largest absolute Gasteiger partial charge is 0.394 e. The number of carbonyl (C=O) groups excluding carboxylic acids is 1. The third-order valence-electron chi connectivity index (χ3n) is 3.20. The van der Waals surface area contributed by atoms with Crippen LogP contribution in [0.15, 0.2) is 0 Å². The molecular formula is C12H23NO6. The first-order valence-corrected chi connectivity index (χ1v) is 6.49. The minimum atomic E-state index is -1.27. The molecule has 0 saturated carbocycles. The number of hydrogen-bond donors (Lipinski definition) is 4. The number of hydrogen-bond acceptors (Lipinski definition) is 6. The molecule has 19 heavy (non-hydrogen) atoms. The molecule has 1 aliphatic rings. The molecule has 0 aliphatic carbocycles. The Morgan fingerprint density at radius 3 is 2.58 bits per heavy atom. The molecule has 1 unspecified atom stereocenters. The third kappa shape index (κ3) is 4.12. The molecule has 0 radical (unpaired) electrons. The summed E-state index contributed by atoms with van der Waals surface area (Å²) in [5, 5.41) is 31.4. The van der Waals surface area contributed by atoms with Crippen molar-refractivity contribution in [1.29, 1.82) is 0 Å². The Labute approximate surface area is 112 Å². The highest BCUT2D eigenvalue weighted by Gasteiger charge is 2.45. The first-order valence-electron chi connectivity index (χ1n) is 6.49. The van der Waals surface area contributed by atoms with Crippen molar-refractivity contribution < 1.29 is 29.6 Å². The van der Waals surface area contributed by atoms with Crippen LogP contribution >= 0.6 is 0 Å². The van der Waals surface area contributed by atoms with E-state index in [0.29, 0.717) is 6.42 Å². The molecule has 7 nitrogen and oxygen atoms in total. The summed E-state index contributed by atoms with van der Waals surface area (Å²) in [5.41, 5.74) is 0. The standard InChI is InChI=1S/C12H23NO6/c1-3-4-5-8(15)13-9-11(17)10(16)7(6-14)19-12(9)18-2/h7,9-12,14,16-17H,3-6H2,1-2H3,(H,13,15)/t7-,9-,10-,11-,12?/m1/s1. The molecule has 1 aliphatic heterocycles. The number of aliphatic hydroxyl groups excluding tert-OH is 3. The molecule has 1 amide bonds.